The fourth-order valence-corrected chi connectivity index (χ4v) is 5.16. The Labute approximate surface area is 212 Å². The number of hydrogen-bond donors (Lipinski definition) is 1. The minimum atomic E-state index is -5.56. The zero-order valence-electron chi connectivity index (χ0n) is 20.4. The van der Waals surface area contributed by atoms with Gasteiger partial charge in [-0.2, -0.15) is 13.2 Å². The lowest BCUT2D eigenvalue weighted by Crippen LogP contribution is -2.43. The predicted octanol–water partition coefficient (Wildman–Crippen LogP) is 4.10. The van der Waals surface area contributed by atoms with Gasteiger partial charge in [-0.25, -0.2) is 23.1 Å². The minimum Gasteiger partial charge on any atom is -0.376 e. The van der Waals surface area contributed by atoms with Gasteiger partial charge in [-0.05, 0) is 75.6 Å². The highest BCUT2D eigenvalue weighted by Crippen LogP contribution is 2.35. The fourth-order valence-electron chi connectivity index (χ4n) is 4.39. The number of alkyl halides is 3. The van der Waals surface area contributed by atoms with E-state index in [0.717, 1.165) is 48.6 Å². The molecule has 2 fully saturated rings. The first-order chi connectivity index (χ1) is 17.2. The van der Waals surface area contributed by atoms with E-state index in [-0.39, 0.29) is 24.4 Å². The van der Waals surface area contributed by atoms with Crippen LogP contribution in [0.15, 0.2) is 47.5 Å². The third kappa shape index (κ3) is 5.01. The number of sulfone groups is 1. The Hall–Kier alpha value is -3.19. The van der Waals surface area contributed by atoms with Crippen LogP contribution in [0.4, 0.5) is 29.5 Å². The van der Waals surface area contributed by atoms with Crippen LogP contribution in [0.3, 0.4) is 0 Å². The Bertz CT molecular complexity index is 1290. The van der Waals surface area contributed by atoms with Crippen molar-refractivity contribution in [3.05, 3.63) is 48.2 Å². The number of hydrogen-bond acceptors (Lipinski definition) is 7. The molecule has 2 saturated heterocycles. The number of rotatable bonds is 7. The highest BCUT2D eigenvalue weighted by molar-refractivity contribution is 7.92. The highest BCUT2D eigenvalue weighted by Gasteiger charge is 2.52. The molecule has 2 aliphatic heterocycles. The third-order valence-corrected chi connectivity index (χ3v) is 8.10. The zero-order chi connectivity index (χ0) is 27.2. The first-order valence-corrected chi connectivity index (χ1v) is 13.1. The molecule has 9 nitrogen and oxygen atoms in total. The molecule has 0 unspecified atom stereocenters. The number of carbonyl (C=O) groups is 2. The van der Waals surface area contributed by atoms with E-state index in [1.807, 2.05) is 6.92 Å². The first-order valence-electron chi connectivity index (χ1n) is 11.6. The summed E-state index contributed by atoms with van der Waals surface area (Å²) in [6.07, 6.45) is 3.62. The molecule has 2 atom stereocenters. The molecule has 13 heteroatoms. The van der Waals surface area contributed by atoms with E-state index in [2.05, 4.69) is 10.3 Å². The molecule has 1 aromatic carbocycles. The van der Waals surface area contributed by atoms with Crippen LogP contribution in [0.25, 0.3) is 0 Å². The van der Waals surface area contributed by atoms with E-state index in [4.69, 9.17) is 4.74 Å². The lowest BCUT2D eigenvalue weighted by Gasteiger charge is -2.28. The van der Waals surface area contributed by atoms with Crippen LogP contribution in [0, 0.1) is 0 Å². The number of aromatic nitrogens is 1. The van der Waals surface area contributed by atoms with Crippen LogP contribution in [0.2, 0.25) is 0 Å². The summed E-state index contributed by atoms with van der Waals surface area (Å²) in [4.78, 5) is 32.0. The number of benzene rings is 1. The monoisotopic (exact) mass is 540 g/mol. The Morgan fingerprint density at radius 1 is 1.19 bits per heavy atom. The summed E-state index contributed by atoms with van der Waals surface area (Å²) in [5, 5.41) is 3.31. The Morgan fingerprint density at radius 3 is 2.46 bits per heavy atom. The maximum atomic E-state index is 13.3. The van der Waals surface area contributed by atoms with Crippen LogP contribution >= 0.6 is 0 Å². The first kappa shape index (κ1) is 26.9. The number of pyridine rings is 1. The van der Waals surface area contributed by atoms with Crippen molar-refractivity contribution in [1.82, 2.24) is 9.88 Å². The second-order valence-electron chi connectivity index (χ2n) is 9.55. The summed E-state index contributed by atoms with van der Waals surface area (Å²) in [7, 11) is -5.56. The van der Waals surface area contributed by atoms with E-state index in [1.165, 1.54) is 4.90 Å². The van der Waals surface area contributed by atoms with Crippen LogP contribution in [-0.4, -0.2) is 60.0 Å². The van der Waals surface area contributed by atoms with Gasteiger partial charge in [-0.3, -0.25) is 4.79 Å². The largest absolute Gasteiger partial charge is 0.501 e. The average molecular weight is 541 g/mol. The molecule has 0 aliphatic carbocycles. The SMILES string of the molecule is C[C@@H](Nc1cc(CN2C(=O)N(c3ccc(S(=O)(=O)C(F)(F)F)cc3)C(=O)C2(C)C)ccn1)[C@H]1CCCO1. The molecular weight excluding hydrogens is 513 g/mol. The van der Waals surface area contributed by atoms with Crippen molar-refractivity contribution < 1.29 is 35.9 Å². The van der Waals surface area contributed by atoms with Gasteiger partial charge >= 0.3 is 11.5 Å². The standard InChI is InChI=1S/C24H27F3N4O5S/c1-15(19-5-4-12-36-19)29-20-13-16(10-11-28-20)14-30-22(33)31(21(32)23(30,2)3)17-6-8-18(9-7-17)37(34,35)24(25,26)27/h6-11,13,15,19H,4-5,12,14H2,1-3H3,(H,28,29)/t15-,19-/m1/s1. The maximum Gasteiger partial charge on any atom is 0.501 e. The number of halogens is 3. The molecule has 0 saturated carbocycles. The van der Waals surface area contributed by atoms with Crippen LogP contribution in [-0.2, 0) is 25.9 Å². The van der Waals surface area contributed by atoms with Gasteiger partial charge in [0.15, 0.2) is 0 Å². The molecule has 4 rings (SSSR count). The summed E-state index contributed by atoms with van der Waals surface area (Å²) in [5.74, 6) is -0.00191. The number of urea groups is 1. The van der Waals surface area contributed by atoms with Gasteiger partial charge < -0.3 is 15.0 Å². The van der Waals surface area contributed by atoms with Gasteiger partial charge in [0.25, 0.3) is 15.7 Å². The summed E-state index contributed by atoms with van der Waals surface area (Å²) in [6, 6.07) is 6.31. The highest BCUT2D eigenvalue weighted by atomic mass is 32.2. The lowest BCUT2D eigenvalue weighted by atomic mass is 10.0. The predicted molar refractivity (Wildman–Crippen MR) is 128 cm³/mol. The number of nitrogens with one attached hydrogen (secondary N) is 1. The van der Waals surface area contributed by atoms with Crippen molar-refractivity contribution in [3.8, 4) is 0 Å². The Morgan fingerprint density at radius 2 is 1.86 bits per heavy atom. The molecule has 0 radical (unpaired) electrons. The molecule has 1 N–H and O–H groups in total. The van der Waals surface area contributed by atoms with Crippen LogP contribution in [0.5, 0.6) is 0 Å². The molecule has 3 heterocycles. The van der Waals surface area contributed by atoms with E-state index >= 15 is 0 Å². The van der Waals surface area contributed by atoms with E-state index in [1.54, 1.807) is 32.2 Å². The number of carbonyl (C=O) groups excluding carboxylic acids is 2. The van der Waals surface area contributed by atoms with E-state index in [9.17, 15) is 31.2 Å². The lowest BCUT2D eigenvalue weighted by molar-refractivity contribution is -0.123. The minimum absolute atomic E-state index is 0.0244. The summed E-state index contributed by atoms with van der Waals surface area (Å²) >= 11 is 0. The van der Waals surface area contributed by atoms with Crippen molar-refractivity contribution in [1.29, 1.82) is 0 Å². The third-order valence-electron chi connectivity index (χ3n) is 6.60. The molecule has 0 bridgehead atoms. The van der Waals surface area contributed by atoms with Crippen molar-refractivity contribution in [2.24, 2.45) is 0 Å². The maximum absolute atomic E-state index is 13.3. The molecule has 3 amide bonds. The molecule has 1 aromatic heterocycles. The van der Waals surface area contributed by atoms with Gasteiger partial charge in [0.1, 0.15) is 11.4 Å². The molecule has 0 spiro atoms. The molecule has 2 aliphatic rings. The fraction of sp³-hybridized carbons (Fsp3) is 0.458. The Kier molecular flexibility index (Phi) is 6.97. The van der Waals surface area contributed by atoms with Gasteiger partial charge in [-0.15, -0.1) is 0 Å². The van der Waals surface area contributed by atoms with E-state index < -0.39 is 37.7 Å². The smallest absolute Gasteiger partial charge is 0.376 e. The van der Waals surface area contributed by atoms with Crippen molar-refractivity contribution >= 4 is 33.3 Å². The quantitative estimate of drug-likeness (QED) is 0.527. The summed E-state index contributed by atoms with van der Waals surface area (Å²) < 4.78 is 67.5. The number of nitrogens with zero attached hydrogens (tertiary/aromatic N) is 3. The summed E-state index contributed by atoms with van der Waals surface area (Å²) in [6.45, 7) is 5.92. The van der Waals surface area contributed by atoms with Crippen molar-refractivity contribution in [2.45, 2.75) is 68.2 Å². The van der Waals surface area contributed by atoms with Crippen molar-refractivity contribution in [2.75, 3.05) is 16.8 Å². The Balaban J connectivity index is 1.53. The van der Waals surface area contributed by atoms with Gasteiger partial charge in [-0.1, -0.05) is 0 Å². The number of amides is 3. The van der Waals surface area contributed by atoms with Gasteiger partial charge in [0.05, 0.1) is 22.7 Å². The molecule has 2 aromatic rings. The average Bonchev–Trinajstić information content (AvgIpc) is 3.42. The van der Waals surface area contributed by atoms with Gasteiger partial charge in [0, 0.05) is 19.3 Å². The molecule has 200 valence electrons. The molecule has 37 heavy (non-hydrogen) atoms. The number of imide groups is 1. The number of ether oxygens (including phenoxy) is 1. The zero-order valence-corrected chi connectivity index (χ0v) is 21.3. The topological polar surface area (TPSA) is 109 Å². The second kappa shape index (κ2) is 9.60. The van der Waals surface area contributed by atoms with Gasteiger partial charge in [0.2, 0.25) is 0 Å². The van der Waals surface area contributed by atoms with Crippen LogP contribution < -0.4 is 10.2 Å². The second-order valence-corrected chi connectivity index (χ2v) is 11.5. The molecular formula is C24H27F3N4O5S. The summed E-state index contributed by atoms with van der Waals surface area (Å²) in [5.41, 5.74) is -6.06. The van der Waals surface area contributed by atoms with Crippen molar-refractivity contribution in [3.63, 3.8) is 0 Å². The number of anilines is 2. The normalized spacial score (nSPS) is 21.0. The van der Waals surface area contributed by atoms with E-state index in [0.29, 0.717) is 11.4 Å². The van der Waals surface area contributed by atoms with Crippen LogP contribution in [0.1, 0.15) is 39.2 Å².